The van der Waals surface area contributed by atoms with E-state index in [9.17, 15) is 4.79 Å². The van der Waals surface area contributed by atoms with E-state index < -0.39 is 0 Å². The number of amides is 2. The highest BCUT2D eigenvalue weighted by atomic mass is 16.2. The molecule has 0 radical (unpaired) electrons. The van der Waals surface area contributed by atoms with Crippen molar-refractivity contribution in [3.63, 3.8) is 0 Å². The van der Waals surface area contributed by atoms with E-state index in [0.29, 0.717) is 12.0 Å². The molecule has 0 spiro atoms. The Morgan fingerprint density at radius 1 is 1.50 bits per heavy atom. The third-order valence-corrected chi connectivity index (χ3v) is 3.44. The van der Waals surface area contributed by atoms with Gasteiger partial charge in [-0.1, -0.05) is 0 Å². The fourth-order valence-electron chi connectivity index (χ4n) is 2.44. The van der Waals surface area contributed by atoms with Crippen LogP contribution in [-0.4, -0.2) is 56.7 Å². The van der Waals surface area contributed by atoms with E-state index in [4.69, 9.17) is 0 Å². The van der Waals surface area contributed by atoms with Crippen LogP contribution in [0.4, 0.5) is 4.79 Å². The number of carbonyl (C=O) groups is 1. The normalized spacial score (nSPS) is 30.6. The Balaban J connectivity index is 1.60. The first-order valence-electron chi connectivity index (χ1n) is 6.17. The minimum atomic E-state index is -0.0109. The average Bonchev–Trinajstić information content (AvgIpc) is 2.87. The van der Waals surface area contributed by atoms with E-state index in [1.165, 1.54) is 6.42 Å². The van der Waals surface area contributed by atoms with E-state index >= 15 is 0 Å². The lowest BCUT2D eigenvalue weighted by atomic mass is 10.1. The molecule has 2 aliphatic heterocycles. The molecule has 0 aromatic rings. The molecule has 2 saturated heterocycles. The molecule has 92 valence electrons. The summed E-state index contributed by atoms with van der Waals surface area (Å²) in [4.78, 5) is 13.9. The largest absolute Gasteiger partial charge is 0.338 e. The number of hydrogen-bond acceptors (Lipinski definition) is 3. The van der Waals surface area contributed by atoms with Gasteiger partial charge in [-0.15, -0.1) is 0 Å². The molecule has 16 heavy (non-hydrogen) atoms. The first-order chi connectivity index (χ1) is 7.74. The molecule has 3 N–H and O–H groups in total. The summed E-state index contributed by atoms with van der Waals surface area (Å²) in [6.07, 6.45) is 2.24. The van der Waals surface area contributed by atoms with Crippen LogP contribution < -0.4 is 16.0 Å². The Labute approximate surface area is 96.9 Å². The molecule has 0 aromatic carbocycles. The minimum Gasteiger partial charge on any atom is -0.338 e. The topological polar surface area (TPSA) is 56.4 Å². The predicted octanol–water partition coefficient (Wildman–Crippen LogP) is -0.401. The molecule has 2 atom stereocenters. The van der Waals surface area contributed by atoms with Crippen LogP contribution in [-0.2, 0) is 0 Å². The third kappa shape index (κ3) is 3.35. The molecule has 2 heterocycles. The number of carbonyl (C=O) groups excluding carboxylic acids is 1. The first kappa shape index (κ1) is 11.7. The van der Waals surface area contributed by atoms with Crippen molar-refractivity contribution in [1.82, 2.24) is 20.9 Å². The van der Waals surface area contributed by atoms with Crippen LogP contribution in [0.15, 0.2) is 0 Å². The zero-order chi connectivity index (χ0) is 11.4. The number of nitrogens with zero attached hydrogens (tertiary/aromatic N) is 1. The van der Waals surface area contributed by atoms with Crippen LogP contribution in [0.3, 0.4) is 0 Å². The summed E-state index contributed by atoms with van der Waals surface area (Å²) in [5, 5.41) is 9.19. The summed E-state index contributed by atoms with van der Waals surface area (Å²) in [5.41, 5.74) is 0. The van der Waals surface area contributed by atoms with Gasteiger partial charge in [0.15, 0.2) is 0 Å². The SMILES string of the molecule is CN1CC[C@@H](CNC(=O)N[C@@H]2CCNC2)C1. The highest BCUT2D eigenvalue weighted by Crippen LogP contribution is 2.12. The standard InChI is InChI=1S/C11H22N4O/c1-15-5-3-9(8-15)6-13-11(16)14-10-2-4-12-7-10/h9-10,12H,2-8H2,1H3,(H2,13,14,16)/t9-,10+/m0/s1. The maximum absolute atomic E-state index is 11.6. The van der Waals surface area contributed by atoms with Crippen LogP contribution in [0.1, 0.15) is 12.8 Å². The molecule has 2 rings (SSSR count). The Kier molecular flexibility index (Phi) is 4.01. The lowest BCUT2D eigenvalue weighted by Crippen LogP contribution is -2.44. The molecule has 2 fully saturated rings. The predicted molar refractivity (Wildman–Crippen MR) is 63.4 cm³/mol. The van der Waals surface area contributed by atoms with Gasteiger partial charge in [0.25, 0.3) is 0 Å². The zero-order valence-electron chi connectivity index (χ0n) is 9.96. The minimum absolute atomic E-state index is 0.0109. The van der Waals surface area contributed by atoms with Crippen molar-refractivity contribution >= 4 is 6.03 Å². The van der Waals surface area contributed by atoms with E-state index in [1.807, 2.05) is 0 Å². The highest BCUT2D eigenvalue weighted by Gasteiger charge is 2.21. The number of likely N-dealkylation sites (tertiary alicyclic amines) is 1. The van der Waals surface area contributed by atoms with E-state index in [-0.39, 0.29) is 6.03 Å². The summed E-state index contributed by atoms with van der Waals surface area (Å²) < 4.78 is 0. The van der Waals surface area contributed by atoms with Gasteiger partial charge in [0.2, 0.25) is 0 Å². The van der Waals surface area contributed by atoms with Gasteiger partial charge >= 0.3 is 6.03 Å². The van der Waals surface area contributed by atoms with Crippen molar-refractivity contribution in [2.24, 2.45) is 5.92 Å². The summed E-state index contributed by atoms with van der Waals surface area (Å²) in [7, 11) is 2.13. The molecule has 0 saturated carbocycles. The number of hydrogen-bond donors (Lipinski definition) is 3. The van der Waals surface area contributed by atoms with Crippen LogP contribution in [0.2, 0.25) is 0 Å². The maximum Gasteiger partial charge on any atom is 0.315 e. The molecule has 0 aliphatic carbocycles. The van der Waals surface area contributed by atoms with Crippen LogP contribution in [0.5, 0.6) is 0 Å². The van der Waals surface area contributed by atoms with Crippen molar-refractivity contribution in [1.29, 1.82) is 0 Å². The van der Waals surface area contributed by atoms with Crippen LogP contribution >= 0.6 is 0 Å². The van der Waals surface area contributed by atoms with E-state index in [1.54, 1.807) is 0 Å². The van der Waals surface area contributed by atoms with Crippen molar-refractivity contribution in [3.05, 3.63) is 0 Å². The molecular formula is C11H22N4O. The first-order valence-corrected chi connectivity index (χ1v) is 6.17. The second-order valence-electron chi connectivity index (χ2n) is 4.96. The fraction of sp³-hybridized carbons (Fsp3) is 0.909. The Hall–Kier alpha value is -0.810. The summed E-state index contributed by atoms with van der Waals surface area (Å²) >= 11 is 0. The van der Waals surface area contributed by atoms with Gasteiger partial charge in [0, 0.05) is 25.7 Å². The lowest BCUT2D eigenvalue weighted by Gasteiger charge is -2.15. The average molecular weight is 226 g/mol. The van der Waals surface area contributed by atoms with Gasteiger partial charge in [-0.2, -0.15) is 0 Å². The van der Waals surface area contributed by atoms with Crippen molar-refractivity contribution < 1.29 is 4.79 Å². The quantitative estimate of drug-likeness (QED) is 0.614. The van der Waals surface area contributed by atoms with Gasteiger partial charge in [-0.25, -0.2) is 4.79 Å². The Morgan fingerprint density at radius 2 is 2.38 bits per heavy atom. The van der Waals surface area contributed by atoms with Gasteiger partial charge in [-0.05, 0) is 38.9 Å². The van der Waals surface area contributed by atoms with Gasteiger partial charge in [-0.3, -0.25) is 0 Å². The highest BCUT2D eigenvalue weighted by molar-refractivity contribution is 5.74. The molecule has 0 bridgehead atoms. The molecule has 0 aromatic heterocycles. The van der Waals surface area contributed by atoms with Crippen LogP contribution in [0.25, 0.3) is 0 Å². The number of nitrogens with one attached hydrogen (secondary N) is 3. The van der Waals surface area contributed by atoms with Crippen molar-refractivity contribution in [2.45, 2.75) is 18.9 Å². The summed E-state index contributed by atoms with van der Waals surface area (Å²) in [6, 6.07) is 0.300. The number of rotatable bonds is 3. The van der Waals surface area contributed by atoms with Crippen molar-refractivity contribution in [2.75, 3.05) is 39.8 Å². The van der Waals surface area contributed by atoms with Gasteiger partial charge < -0.3 is 20.9 Å². The second-order valence-corrected chi connectivity index (χ2v) is 4.96. The maximum atomic E-state index is 11.6. The molecule has 2 aliphatic rings. The fourth-order valence-corrected chi connectivity index (χ4v) is 2.44. The van der Waals surface area contributed by atoms with Gasteiger partial charge in [0.05, 0.1) is 0 Å². The Morgan fingerprint density at radius 3 is 3.00 bits per heavy atom. The third-order valence-electron chi connectivity index (χ3n) is 3.44. The number of urea groups is 1. The second kappa shape index (κ2) is 5.50. The summed E-state index contributed by atoms with van der Waals surface area (Å²) in [6.45, 7) is 4.97. The molecule has 2 amide bonds. The monoisotopic (exact) mass is 226 g/mol. The van der Waals surface area contributed by atoms with E-state index in [2.05, 4.69) is 27.9 Å². The Bertz CT molecular complexity index is 240. The molecular weight excluding hydrogens is 204 g/mol. The van der Waals surface area contributed by atoms with Gasteiger partial charge in [0.1, 0.15) is 0 Å². The lowest BCUT2D eigenvalue weighted by molar-refractivity contribution is 0.235. The molecule has 0 unspecified atom stereocenters. The van der Waals surface area contributed by atoms with E-state index in [0.717, 1.165) is 39.1 Å². The summed E-state index contributed by atoms with van der Waals surface area (Å²) in [5.74, 6) is 0.623. The zero-order valence-corrected chi connectivity index (χ0v) is 9.96. The van der Waals surface area contributed by atoms with Crippen molar-refractivity contribution in [3.8, 4) is 0 Å². The molecule has 5 heteroatoms. The van der Waals surface area contributed by atoms with Crippen LogP contribution in [0, 0.1) is 5.92 Å². The molecule has 5 nitrogen and oxygen atoms in total. The smallest absolute Gasteiger partial charge is 0.315 e.